The van der Waals surface area contributed by atoms with Crippen molar-refractivity contribution < 1.29 is 4.79 Å². The maximum atomic E-state index is 10.9. The van der Waals surface area contributed by atoms with Gasteiger partial charge in [0.25, 0.3) is 0 Å². The van der Waals surface area contributed by atoms with Gasteiger partial charge in [0, 0.05) is 12.6 Å². The second-order valence-corrected chi connectivity index (χ2v) is 4.37. The Balaban J connectivity index is 2.20. The molecule has 0 atom stereocenters. The van der Waals surface area contributed by atoms with Crippen molar-refractivity contribution in [3.8, 4) is 0 Å². The number of rotatable bonds is 3. The van der Waals surface area contributed by atoms with Crippen molar-refractivity contribution in [1.29, 1.82) is 0 Å². The maximum absolute atomic E-state index is 10.9. The number of carbonyl (C=O) groups excluding carboxylic acids is 1. The molecule has 1 aliphatic rings. The van der Waals surface area contributed by atoms with Gasteiger partial charge in [-0.1, -0.05) is 24.3 Å². The Morgan fingerprint density at radius 2 is 2.33 bits per heavy atom. The predicted octanol–water partition coefficient (Wildman–Crippen LogP) is 2.81. The van der Waals surface area contributed by atoms with E-state index < -0.39 is 0 Å². The summed E-state index contributed by atoms with van der Waals surface area (Å²) in [6, 6.07) is 5.89. The summed E-state index contributed by atoms with van der Waals surface area (Å²) < 4.78 is 2.00. The van der Waals surface area contributed by atoms with Gasteiger partial charge in [-0.05, 0) is 30.5 Å². The van der Waals surface area contributed by atoms with Gasteiger partial charge < -0.3 is 9.20 Å². The molecule has 2 aromatic rings. The zero-order valence-corrected chi connectivity index (χ0v) is 10.0. The van der Waals surface area contributed by atoms with Crippen LogP contribution in [-0.2, 0) is 11.2 Å². The molecule has 0 bridgehead atoms. The van der Waals surface area contributed by atoms with Crippen molar-refractivity contribution >= 4 is 17.5 Å². The lowest BCUT2D eigenvalue weighted by Gasteiger charge is -2.08. The number of allylic oxidation sites excluding steroid dienone is 4. The number of hydrogen-bond acceptors (Lipinski definition) is 2. The molecular weight excluding hydrogens is 224 g/mol. The predicted molar refractivity (Wildman–Crippen MR) is 71.3 cm³/mol. The van der Waals surface area contributed by atoms with Gasteiger partial charge in [0.1, 0.15) is 11.9 Å². The first-order chi connectivity index (χ1) is 8.90. The largest absolute Gasteiger partial charge is 0.303 e. The lowest BCUT2D eigenvalue weighted by Crippen LogP contribution is -1.98. The summed E-state index contributed by atoms with van der Waals surface area (Å²) in [6.45, 7) is 0. The van der Waals surface area contributed by atoms with E-state index in [0.717, 1.165) is 36.2 Å². The van der Waals surface area contributed by atoms with Crippen LogP contribution in [0.25, 0.3) is 11.2 Å². The fraction of sp³-hybridized carbons (Fsp3) is 0.200. The molecule has 0 radical (unpaired) electrons. The van der Waals surface area contributed by atoms with Crippen LogP contribution in [0.15, 0.2) is 42.6 Å². The van der Waals surface area contributed by atoms with E-state index in [2.05, 4.69) is 23.2 Å². The minimum atomic E-state index is 0.404. The lowest BCUT2D eigenvalue weighted by atomic mass is 10.00. The molecule has 2 aromatic heterocycles. The maximum Gasteiger partial charge on any atom is 0.137 e. The summed E-state index contributed by atoms with van der Waals surface area (Å²) in [5, 5.41) is 0. The molecule has 3 rings (SSSR count). The number of imidazole rings is 1. The Hall–Kier alpha value is -2.16. The van der Waals surface area contributed by atoms with Crippen LogP contribution in [0.4, 0.5) is 0 Å². The minimum Gasteiger partial charge on any atom is -0.303 e. The van der Waals surface area contributed by atoms with Crippen LogP contribution in [0.5, 0.6) is 0 Å². The van der Waals surface area contributed by atoms with E-state index in [1.54, 1.807) is 0 Å². The van der Waals surface area contributed by atoms with E-state index in [0.29, 0.717) is 6.42 Å². The van der Waals surface area contributed by atoms with Gasteiger partial charge in [-0.25, -0.2) is 4.98 Å². The molecule has 2 heterocycles. The molecule has 3 nitrogen and oxygen atoms in total. The van der Waals surface area contributed by atoms with Gasteiger partial charge in [0.15, 0.2) is 0 Å². The standard InChI is InChI=1S/C15H14N2O/c18-11-9-13-15(12-6-2-1-3-7-12)16-14-8-4-5-10-17(13)14/h1-2,4-6,8,10-11H,3,7,9H2. The summed E-state index contributed by atoms with van der Waals surface area (Å²) in [7, 11) is 0. The van der Waals surface area contributed by atoms with Crippen molar-refractivity contribution in [2.75, 3.05) is 0 Å². The lowest BCUT2D eigenvalue weighted by molar-refractivity contribution is -0.107. The van der Waals surface area contributed by atoms with Crippen LogP contribution in [-0.4, -0.2) is 15.7 Å². The van der Waals surface area contributed by atoms with Gasteiger partial charge in [-0.2, -0.15) is 0 Å². The fourth-order valence-electron chi connectivity index (χ4n) is 2.38. The van der Waals surface area contributed by atoms with Crippen LogP contribution in [0, 0.1) is 0 Å². The van der Waals surface area contributed by atoms with E-state index >= 15 is 0 Å². The molecule has 0 saturated heterocycles. The van der Waals surface area contributed by atoms with Crippen LogP contribution in [0.2, 0.25) is 0 Å². The van der Waals surface area contributed by atoms with Crippen LogP contribution in [0.1, 0.15) is 24.2 Å². The fourth-order valence-corrected chi connectivity index (χ4v) is 2.38. The second kappa shape index (κ2) is 4.61. The third-order valence-corrected chi connectivity index (χ3v) is 3.22. The molecule has 0 N–H and O–H groups in total. The third-order valence-electron chi connectivity index (χ3n) is 3.22. The molecule has 1 aliphatic carbocycles. The van der Waals surface area contributed by atoms with E-state index in [1.807, 2.05) is 28.8 Å². The molecule has 0 unspecified atom stereocenters. The monoisotopic (exact) mass is 238 g/mol. The number of pyridine rings is 1. The highest BCUT2D eigenvalue weighted by Gasteiger charge is 2.15. The highest BCUT2D eigenvalue weighted by molar-refractivity contribution is 5.72. The summed E-state index contributed by atoms with van der Waals surface area (Å²) >= 11 is 0. The molecule has 0 spiro atoms. The Kier molecular flexibility index (Phi) is 2.81. The second-order valence-electron chi connectivity index (χ2n) is 4.37. The zero-order chi connectivity index (χ0) is 12.4. The van der Waals surface area contributed by atoms with Crippen molar-refractivity contribution in [2.24, 2.45) is 0 Å². The third kappa shape index (κ3) is 1.78. The Morgan fingerprint density at radius 3 is 3.11 bits per heavy atom. The summed E-state index contributed by atoms with van der Waals surface area (Å²) in [4.78, 5) is 15.5. The van der Waals surface area contributed by atoms with Crippen molar-refractivity contribution in [1.82, 2.24) is 9.38 Å². The van der Waals surface area contributed by atoms with Crippen molar-refractivity contribution in [3.05, 3.63) is 54.0 Å². The van der Waals surface area contributed by atoms with Gasteiger partial charge in [-0.3, -0.25) is 0 Å². The van der Waals surface area contributed by atoms with Crippen molar-refractivity contribution in [2.45, 2.75) is 19.3 Å². The first-order valence-corrected chi connectivity index (χ1v) is 6.16. The van der Waals surface area contributed by atoms with Gasteiger partial charge in [0.05, 0.1) is 11.4 Å². The van der Waals surface area contributed by atoms with Gasteiger partial charge in [-0.15, -0.1) is 0 Å². The number of aromatic nitrogens is 2. The average Bonchev–Trinajstić information content (AvgIpc) is 2.80. The van der Waals surface area contributed by atoms with Crippen molar-refractivity contribution in [3.63, 3.8) is 0 Å². The van der Waals surface area contributed by atoms with Crippen LogP contribution < -0.4 is 0 Å². The summed E-state index contributed by atoms with van der Waals surface area (Å²) in [5.41, 5.74) is 4.08. The topological polar surface area (TPSA) is 34.4 Å². The Labute approximate surface area is 105 Å². The van der Waals surface area contributed by atoms with Crippen LogP contribution >= 0.6 is 0 Å². The number of carbonyl (C=O) groups is 1. The van der Waals surface area contributed by atoms with Crippen LogP contribution in [0.3, 0.4) is 0 Å². The molecule has 0 amide bonds. The number of fused-ring (bicyclic) bond motifs is 1. The highest BCUT2D eigenvalue weighted by atomic mass is 16.1. The molecule has 3 heteroatoms. The zero-order valence-electron chi connectivity index (χ0n) is 10.0. The molecule has 90 valence electrons. The van der Waals surface area contributed by atoms with E-state index in [1.165, 1.54) is 5.57 Å². The van der Waals surface area contributed by atoms with E-state index in [-0.39, 0.29) is 0 Å². The minimum absolute atomic E-state index is 0.404. The first kappa shape index (κ1) is 11.0. The van der Waals surface area contributed by atoms with E-state index in [4.69, 9.17) is 0 Å². The molecule has 0 saturated carbocycles. The highest BCUT2D eigenvalue weighted by Crippen LogP contribution is 2.26. The average molecular weight is 238 g/mol. The van der Waals surface area contributed by atoms with E-state index in [9.17, 15) is 4.79 Å². The first-order valence-electron chi connectivity index (χ1n) is 6.16. The SMILES string of the molecule is O=CCc1c(C2=CC=CCC2)nc2ccccn12. The number of hydrogen-bond donors (Lipinski definition) is 0. The number of nitrogens with zero attached hydrogens (tertiary/aromatic N) is 2. The molecule has 18 heavy (non-hydrogen) atoms. The van der Waals surface area contributed by atoms with Gasteiger partial charge >= 0.3 is 0 Å². The Morgan fingerprint density at radius 1 is 1.39 bits per heavy atom. The molecule has 0 aromatic carbocycles. The number of aldehydes is 1. The summed E-state index contributed by atoms with van der Waals surface area (Å²) in [5.74, 6) is 0. The normalized spacial score (nSPS) is 14.8. The van der Waals surface area contributed by atoms with Gasteiger partial charge in [0.2, 0.25) is 0 Å². The molecular formula is C15H14N2O. The smallest absolute Gasteiger partial charge is 0.137 e. The summed E-state index contributed by atoms with van der Waals surface area (Å²) in [6.07, 6.45) is 11.7. The molecule has 0 aliphatic heterocycles. The quantitative estimate of drug-likeness (QED) is 0.770. The Bertz CT molecular complexity index is 650. The molecule has 0 fully saturated rings.